The van der Waals surface area contributed by atoms with Gasteiger partial charge >= 0.3 is 0 Å². The minimum atomic E-state index is -0.229. The number of carbonyl (C=O) groups is 1. The fraction of sp³-hybridized carbons (Fsp3) is 0.105. The first kappa shape index (κ1) is 17.5. The van der Waals surface area contributed by atoms with Crippen LogP contribution in [0.3, 0.4) is 0 Å². The molecule has 3 aromatic rings. The maximum Gasteiger partial charge on any atom is 0.255 e. The average Bonchev–Trinajstić information content (AvgIpc) is 3.16. The number of amides is 1. The van der Waals surface area contributed by atoms with Gasteiger partial charge in [-0.25, -0.2) is 0 Å². The van der Waals surface area contributed by atoms with Crippen LogP contribution >= 0.6 is 27.3 Å². The summed E-state index contributed by atoms with van der Waals surface area (Å²) in [6.45, 7) is 0. The van der Waals surface area contributed by atoms with Gasteiger partial charge in [0.05, 0.1) is 14.2 Å². The predicted octanol–water partition coefficient (Wildman–Crippen LogP) is 5.45. The largest absolute Gasteiger partial charge is 0.495 e. The number of para-hydroxylation sites is 1. The number of rotatable bonds is 5. The molecule has 6 heteroatoms. The highest BCUT2D eigenvalue weighted by atomic mass is 79.9. The Balaban J connectivity index is 1.94. The number of hydrogen-bond acceptors (Lipinski definition) is 4. The molecule has 0 bridgehead atoms. The first-order valence-corrected chi connectivity index (χ1v) is 9.17. The molecule has 0 saturated heterocycles. The lowest BCUT2D eigenvalue weighted by molar-refractivity contribution is 0.102. The molecule has 1 N–H and O–H groups in total. The van der Waals surface area contributed by atoms with Crippen molar-refractivity contribution in [1.82, 2.24) is 0 Å². The molecule has 0 aliphatic carbocycles. The second-order valence-corrected chi connectivity index (χ2v) is 6.91. The number of anilines is 1. The van der Waals surface area contributed by atoms with E-state index in [0.717, 1.165) is 16.1 Å². The quantitative estimate of drug-likeness (QED) is 0.600. The van der Waals surface area contributed by atoms with Gasteiger partial charge in [0.25, 0.3) is 5.91 Å². The minimum absolute atomic E-state index is 0.229. The lowest BCUT2D eigenvalue weighted by atomic mass is 10.1. The van der Waals surface area contributed by atoms with Crippen LogP contribution in [0.2, 0.25) is 0 Å². The zero-order valence-electron chi connectivity index (χ0n) is 13.7. The Labute approximate surface area is 158 Å². The molecule has 1 heterocycles. The summed E-state index contributed by atoms with van der Waals surface area (Å²) in [7, 11) is 3.10. The molecule has 25 heavy (non-hydrogen) atoms. The molecule has 0 aliphatic heterocycles. The molecule has 1 amide bonds. The maximum absolute atomic E-state index is 12.7. The maximum atomic E-state index is 12.7. The van der Waals surface area contributed by atoms with Crippen molar-refractivity contribution in [3.8, 4) is 21.9 Å². The number of ether oxygens (including phenoxy) is 2. The van der Waals surface area contributed by atoms with Gasteiger partial charge in [-0.05, 0) is 45.6 Å². The Morgan fingerprint density at radius 1 is 1.04 bits per heavy atom. The van der Waals surface area contributed by atoms with E-state index in [-0.39, 0.29) is 5.91 Å². The first-order valence-electron chi connectivity index (χ1n) is 7.50. The Hall–Kier alpha value is -2.31. The summed E-state index contributed by atoms with van der Waals surface area (Å²) in [4.78, 5) is 13.8. The normalized spacial score (nSPS) is 10.4. The zero-order chi connectivity index (χ0) is 17.8. The minimum Gasteiger partial charge on any atom is -0.495 e. The Bertz CT molecular complexity index is 868. The fourth-order valence-corrected chi connectivity index (χ4v) is 3.75. The molecule has 1 aromatic heterocycles. The van der Waals surface area contributed by atoms with Crippen LogP contribution in [0.5, 0.6) is 11.5 Å². The van der Waals surface area contributed by atoms with Gasteiger partial charge in [-0.1, -0.05) is 24.3 Å². The van der Waals surface area contributed by atoms with Crippen molar-refractivity contribution in [3.63, 3.8) is 0 Å². The smallest absolute Gasteiger partial charge is 0.255 e. The van der Waals surface area contributed by atoms with Crippen molar-refractivity contribution in [2.75, 3.05) is 19.5 Å². The van der Waals surface area contributed by atoms with Crippen molar-refractivity contribution in [1.29, 1.82) is 0 Å². The lowest BCUT2D eigenvalue weighted by Crippen LogP contribution is -2.13. The molecule has 0 fully saturated rings. The van der Waals surface area contributed by atoms with Crippen molar-refractivity contribution >= 4 is 38.9 Å². The first-order chi connectivity index (χ1) is 12.1. The summed E-state index contributed by atoms with van der Waals surface area (Å²) >= 11 is 5.04. The highest BCUT2D eigenvalue weighted by Gasteiger charge is 2.16. The summed E-state index contributed by atoms with van der Waals surface area (Å²) < 4.78 is 11.3. The average molecular weight is 418 g/mol. The van der Waals surface area contributed by atoms with E-state index in [1.165, 1.54) is 0 Å². The van der Waals surface area contributed by atoms with Crippen LogP contribution in [0.4, 0.5) is 5.69 Å². The second kappa shape index (κ2) is 7.72. The Morgan fingerprint density at radius 2 is 1.72 bits per heavy atom. The molecule has 2 aromatic carbocycles. The third-order valence-electron chi connectivity index (χ3n) is 3.67. The molecule has 0 unspecified atom stereocenters. The summed E-state index contributed by atoms with van der Waals surface area (Å²) in [5, 5.41) is 4.99. The van der Waals surface area contributed by atoms with Crippen molar-refractivity contribution in [2.45, 2.75) is 0 Å². The van der Waals surface area contributed by atoms with Gasteiger partial charge in [0.1, 0.15) is 16.0 Å². The number of hydrogen-bond donors (Lipinski definition) is 1. The van der Waals surface area contributed by atoms with Crippen molar-refractivity contribution < 1.29 is 14.3 Å². The number of benzene rings is 2. The van der Waals surface area contributed by atoms with Gasteiger partial charge in [-0.2, -0.15) is 0 Å². The van der Waals surface area contributed by atoms with E-state index in [4.69, 9.17) is 9.47 Å². The SMILES string of the molecule is COc1cc(C(=O)Nc2ccccc2-c2cccs2)cc(OC)c1Br. The second-order valence-electron chi connectivity index (χ2n) is 5.17. The van der Waals surface area contributed by atoms with E-state index in [9.17, 15) is 4.79 Å². The van der Waals surface area contributed by atoms with Crippen LogP contribution in [0.1, 0.15) is 10.4 Å². The van der Waals surface area contributed by atoms with Gasteiger partial charge in [0.2, 0.25) is 0 Å². The molecular weight excluding hydrogens is 402 g/mol. The predicted molar refractivity (Wildman–Crippen MR) is 105 cm³/mol. The van der Waals surface area contributed by atoms with E-state index >= 15 is 0 Å². The van der Waals surface area contributed by atoms with Crippen LogP contribution in [0.25, 0.3) is 10.4 Å². The van der Waals surface area contributed by atoms with E-state index in [0.29, 0.717) is 21.5 Å². The summed E-state index contributed by atoms with van der Waals surface area (Å²) in [6.07, 6.45) is 0. The van der Waals surface area contributed by atoms with Crippen LogP contribution in [0.15, 0.2) is 58.4 Å². The summed E-state index contributed by atoms with van der Waals surface area (Å²) in [6, 6.07) is 15.1. The van der Waals surface area contributed by atoms with E-state index < -0.39 is 0 Å². The standard InChI is InChI=1S/C19H16BrNO3S/c1-23-15-10-12(11-16(24-2)18(15)20)19(22)21-14-7-4-3-6-13(14)17-8-5-9-25-17/h3-11H,1-2H3,(H,21,22). The molecule has 0 atom stereocenters. The zero-order valence-corrected chi connectivity index (χ0v) is 16.1. The molecular formula is C19H16BrNO3S. The summed E-state index contributed by atoms with van der Waals surface area (Å²) in [5.74, 6) is 0.847. The van der Waals surface area contributed by atoms with Crippen LogP contribution < -0.4 is 14.8 Å². The number of methoxy groups -OCH3 is 2. The number of halogens is 1. The molecule has 4 nitrogen and oxygen atoms in total. The fourth-order valence-electron chi connectivity index (χ4n) is 2.43. The van der Waals surface area contributed by atoms with Gasteiger partial charge in [-0.3, -0.25) is 4.79 Å². The van der Waals surface area contributed by atoms with Gasteiger partial charge in [0, 0.05) is 21.7 Å². The molecule has 3 rings (SSSR count). The third-order valence-corrected chi connectivity index (χ3v) is 5.35. The van der Waals surface area contributed by atoms with E-state index in [1.54, 1.807) is 37.7 Å². The Kier molecular flexibility index (Phi) is 5.40. The molecule has 0 spiro atoms. The van der Waals surface area contributed by atoms with E-state index in [2.05, 4.69) is 21.2 Å². The monoisotopic (exact) mass is 417 g/mol. The van der Waals surface area contributed by atoms with Gasteiger partial charge < -0.3 is 14.8 Å². The van der Waals surface area contributed by atoms with Crippen molar-refractivity contribution in [2.24, 2.45) is 0 Å². The highest BCUT2D eigenvalue weighted by molar-refractivity contribution is 9.10. The topological polar surface area (TPSA) is 47.6 Å². The van der Waals surface area contributed by atoms with Gasteiger partial charge in [0.15, 0.2) is 0 Å². The number of carbonyl (C=O) groups excluding carboxylic acids is 1. The molecule has 0 saturated carbocycles. The number of nitrogens with one attached hydrogen (secondary N) is 1. The van der Waals surface area contributed by atoms with Crippen LogP contribution in [-0.2, 0) is 0 Å². The molecule has 0 radical (unpaired) electrons. The number of thiophene rings is 1. The Morgan fingerprint density at radius 3 is 2.32 bits per heavy atom. The lowest BCUT2D eigenvalue weighted by Gasteiger charge is -2.13. The molecule has 128 valence electrons. The van der Waals surface area contributed by atoms with Gasteiger partial charge in [-0.15, -0.1) is 11.3 Å². The summed E-state index contributed by atoms with van der Waals surface area (Å²) in [5.41, 5.74) is 2.20. The molecule has 0 aliphatic rings. The van der Waals surface area contributed by atoms with E-state index in [1.807, 2.05) is 41.8 Å². The van der Waals surface area contributed by atoms with Crippen molar-refractivity contribution in [3.05, 3.63) is 63.9 Å². The highest BCUT2D eigenvalue weighted by Crippen LogP contribution is 2.36. The third kappa shape index (κ3) is 3.70. The van der Waals surface area contributed by atoms with Crippen LogP contribution in [-0.4, -0.2) is 20.1 Å². The van der Waals surface area contributed by atoms with Crippen LogP contribution in [0, 0.1) is 0 Å².